The third-order valence-electron chi connectivity index (χ3n) is 5.96. The molecule has 1 saturated heterocycles. The van der Waals surface area contributed by atoms with E-state index in [1.54, 1.807) is 0 Å². The molecule has 2 aliphatic carbocycles. The highest BCUT2D eigenvalue weighted by molar-refractivity contribution is 6.14. The van der Waals surface area contributed by atoms with Crippen LogP contribution in [0.15, 0.2) is 36.4 Å². The van der Waals surface area contributed by atoms with Crippen LogP contribution >= 0.6 is 0 Å². The van der Waals surface area contributed by atoms with Crippen LogP contribution in [0.5, 0.6) is 0 Å². The molecule has 3 fully saturated rings. The first kappa shape index (κ1) is 19.5. The lowest BCUT2D eigenvalue weighted by Crippen LogP contribution is -2.44. The van der Waals surface area contributed by atoms with Gasteiger partial charge in [0.15, 0.2) is 5.78 Å². The highest BCUT2D eigenvalue weighted by Gasteiger charge is 2.53. The van der Waals surface area contributed by atoms with Crippen molar-refractivity contribution >= 4 is 23.5 Å². The van der Waals surface area contributed by atoms with Crippen molar-refractivity contribution in [2.45, 2.75) is 26.2 Å². The Kier molecular flexibility index (Phi) is 5.61. The van der Waals surface area contributed by atoms with Crippen LogP contribution in [0, 0.1) is 18.3 Å². The summed E-state index contributed by atoms with van der Waals surface area (Å²) in [6.45, 7) is 10.4. The molecule has 3 aliphatic rings. The minimum Gasteiger partial charge on any atom is -0.369 e. The first-order chi connectivity index (χ1) is 12.8. The van der Waals surface area contributed by atoms with Crippen LogP contribution in [0.25, 0.3) is 0 Å². The predicted molar refractivity (Wildman–Crippen MR) is 106 cm³/mol. The predicted octanol–water partition coefficient (Wildman–Crippen LogP) is 2.43. The molecule has 2 atom stereocenters. The zero-order valence-electron chi connectivity index (χ0n) is 16.2. The second kappa shape index (κ2) is 7.77. The van der Waals surface area contributed by atoms with Crippen molar-refractivity contribution < 1.29 is 14.4 Å². The van der Waals surface area contributed by atoms with Gasteiger partial charge in [0.05, 0.1) is 5.41 Å². The molecule has 27 heavy (non-hydrogen) atoms. The van der Waals surface area contributed by atoms with Crippen molar-refractivity contribution in [3.63, 3.8) is 0 Å². The van der Waals surface area contributed by atoms with Crippen LogP contribution in [0.2, 0.25) is 0 Å². The number of benzene rings is 1. The fourth-order valence-electron chi connectivity index (χ4n) is 4.17. The largest absolute Gasteiger partial charge is 0.369 e. The Morgan fingerprint density at radius 1 is 1.11 bits per heavy atom. The minimum atomic E-state index is -1.03. The third-order valence-corrected chi connectivity index (χ3v) is 5.96. The summed E-state index contributed by atoms with van der Waals surface area (Å²) in [6.07, 6.45) is 1.61. The Morgan fingerprint density at radius 3 is 2.33 bits per heavy atom. The lowest BCUT2D eigenvalue weighted by Gasteiger charge is -2.34. The smallest absolute Gasteiger partial charge is 0.172 e. The molecule has 1 aromatic carbocycles. The van der Waals surface area contributed by atoms with Gasteiger partial charge in [-0.05, 0) is 44.0 Å². The number of aldehydes is 1. The number of ketones is 2. The maximum Gasteiger partial charge on any atom is 0.172 e. The monoisotopic (exact) mass is 368 g/mol. The van der Waals surface area contributed by atoms with E-state index in [4.69, 9.17) is 0 Å². The summed E-state index contributed by atoms with van der Waals surface area (Å²) in [5.41, 5.74) is 2.14. The molecule has 2 unspecified atom stereocenters. The maximum atomic E-state index is 11.6. The Balaban J connectivity index is 0.000000156. The van der Waals surface area contributed by atoms with E-state index in [2.05, 4.69) is 54.6 Å². The van der Waals surface area contributed by atoms with Gasteiger partial charge in [0, 0.05) is 44.7 Å². The molecule has 5 nitrogen and oxygen atoms in total. The highest BCUT2D eigenvalue weighted by Crippen LogP contribution is 2.48. The van der Waals surface area contributed by atoms with Gasteiger partial charge in [-0.1, -0.05) is 24.3 Å². The van der Waals surface area contributed by atoms with Gasteiger partial charge in [-0.3, -0.25) is 9.59 Å². The lowest BCUT2D eigenvalue weighted by molar-refractivity contribution is -0.137. The standard InChI is InChI=1S/C12H18N2.C10H10O3/c1-11-3-5-12(6-4-11)14-9-7-13(2)8-10-14;1-6-7-2-8(12)4-10(3-7,5-11)9(6)13/h3-6H,7-10H2,1-2H3;5,7H,1-4H2. The van der Waals surface area contributed by atoms with Crippen LogP contribution in [-0.2, 0) is 14.4 Å². The fourth-order valence-corrected chi connectivity index (χ4v) is 4.17. The van der Waals surface area contributed by atoms with E-state index in [0.29, 0.717) is 24.7 Å². The van der Waals surface area contributed by atoms with E-state index in [9.17, 15) is 14.4 Å². The second-order valence-electron chi connectivity index (χ2n) is 8.07. The van der Waals surface area contributed by atoms with Crippen molar-refractivity contribution in [1.29, 1.82) is 0 Å². The van der Waals surface area contributed by atoms with Crippen LogP contribution in [0.1, 0.15) is 24.8 Å². The SMILES string of the molecule is C=C1C(=O)C2(C=O)CC(=O)CC1C2.Cc1ccc(N2CCN(C)CC2)cc1. The lowest BCUT2D eigenvalue weighted by atomic mass is 9.76. The summed E-state index contributed by atoms with van der Waals surface area (Å²) in [4.78, 5) is 38.5. The first-order valence-electron chi connectivity index (χ1n) is 9.56. The molecule has 2 saturated carbocycles. The average Bonchev–Trinajstić information content (AvgIpc) is 2.84. The molecule has 2 bridgehead atoms. The number of hydrogen-bond acceptors (Lipinski definition) is 5. The number of carbonyl (C=O) groups excluding carboxylic acids is 3. The van der Waals surface area contributed by atoms with E-state index in [1.165, 1.54) is 24.3 Å². The molecule has 0 N–H and O–H groups in total. The number of allylic oxidation sites excluding steroid dienone is 1. The number of Topliss-reactive ketones (excluding diaryl/α,β-unsaturated/α-hetero) is 2. The van der Waals surface area contributed by atoms with Gasteiger partial charge >= 0.3 is 0 Å². The molecule has 0 spiro atoms. The van der Waals surface area contributed by atoms with E-state index >= 15 is 0 Å². The number of rotatable bonds is 2. The Labute approximate surface area is 161 Å². The number of hydrogen-bond donors (Lipinski definition) is 0. The Morgan fingerprint density at radius 2 is 1.74 bits per heavy atom. The van der Waals surface area contributed by atoms with Gasteiger partial charge in [0.25, 0.3) is 0 Å². The van der Waals surface area contributed by atoms with Gasteiger partial charge in [-0.2, -0.15) is 0 Å². The molecule has 1 aromatic rings. The number of aryl methyl sites for hydroxylation is 1. The maximum absolute atomic E-state index is 11.6. The summed E-state index contributed by atoms with van der Waals surface area (Å²) in [6, 6.07) is 8.82. The summed E-state index contributed by atoms with van der Waals surface area (Å²) in [5, 5.41) is 0. The van der Waals surface area contributed by atoms with Crippen molar-refractivity contribution in [1.82, 2.24) is 4.90 Å². The van der Waals surface area contributed by atoms with E-state index < -0.39 is 5.41 Å². The van der Waals surface area contributed by atoms with Crippen molar-refractivity contribution in [3.05, 3.63) is 42.0 Å². The highest BCUT2D eigenvalue weighted by atomic mass is 16.2. The van der Waals surface area contributed by atoms with Crippen LogP contribution < -0.4 is 4.90 Å². The zero-order valence-corrected chi connectivity index (χ0v) is 16.2. The summed E-state index contributed by atoms with van der Waals surface area (Å²) >= 11 is 0. The minimum absolute atomic E-state index is 0.00958. The van der Waals surface area contributed by atoms with Crippen LogP contribution in [-0.4, -0.2) is 56.0 Å². The van der Waals surface area contributed by atoms with Crippen molar-refractivity contribution in [3.8, 4) is 0 Å². The third kappa shape index (κ3) is 4.03. The van der Waals surface area contributed by atoms with Crippen LogP contribution in [0.4, 0.5) is 5.69 Å². The normalized spacial score (nSPS) is 28.0. The molecule has 0 aromatic heterocycles. The quantitative estimate of drug-likeness (QED) is 0.456. The molecule has 5 heteroatoms. The molecule has 1 aliphatic heterocycles. The molecule has 144 valence electrons. The number of anilines is 1. The van der Waals surface area contributed by atoms with Crippen molar-refractivity contribution in [2.24, 2.45) is 11.3 Å². The Hall–Kier alpha value is -2.27. The Bertz CT molecular complexity index is 747. The van der Waals surface area contributed by atoms with Gasteiger partial charge in [-0.25, -0.2) is 0 Å². The van der Waals surface area contributed by atoms with Crippen LogP contribution in [0.3, 0.4) is 0 Å². The summed E-state index contributed by atoms with van der Waals surface area (Å²) < 4.78 is 0. The first-order valence-corrected chi connectivity index (χ1v) is 9.56. The molecular weight excluding hydrogens is 340 g/mol. The van der Waals surface area contributed by atoms with Gasteiger partial charge in [0.2, 0.25) is 0 Å². The molecule has 1 heterocycles. The van der Waals surface area contributed by atoms with Gasteiger partial charge in [0.1, 0.15) is 12.1 Å². The number of nitrogens with zero attached hydrogens (tertiary/aromatic N) is 2. The molecule has 4 rings (SSSR count). The topological polar surface area (TPSA) is 57.7 Å². The summed E-state index contributed by atoms with van der Waals surface area (Å²) in [5.74, 6) is -0.271. The zero-order chi connectivity index (χ0) is 19.6. The average molecular weight is 368 g/mol. The number of fused-ring (bicyclic) bond motifs is 2. The molecular formula is C22H28N2O3. The van der Waals surface area contributed by atoms with E-state index in [1.807, 2.05) is 0 Å². The number of piperazine rings is 1. The number of carbonyl (C=O) groups is 3. The second-order valence-corrected chi connectivity index (χ2v) is 8.07. The van der Waals surface area contributed by atoms with E-state index in [0.717, 1.165) is 13.1 Å². The van der Waals surface area contributed by atoms with Gasteiger partial charge in [-0.15, -0.1) is 0 Å². The van der Waals surface area contributed by atoms with Gasteiger partial charge < -0.3 is 14.6 Å². The fraction of sp³-hybridized carbons (Fsp3) is 0.500. The van der Waals surface area contributed by atoms with E-state index in [-0.39, 0.29) is 23.9 Å². The summed E-state index contributed by atoms with van der Waals surface area (Å²) in [7, 11) is 2.19. The van der Waals surface area contributed by atoms with Crippen molar-refractivity contribution in [2.75, 3.05) is 38.1 Å². The number of likely N-dealkylation sites (N-methyl/N-ethyl adjacent to an activating group) is 1. The molecule has 0 radical (unpaired) electrons. The molecule has 0 amide bonds.